The number of aromatic nitrogens is 7. The summed E-state index contributed by atoms with van der Waals surface area (Å²) < 4.78 is 2.33. The van der Waals surface area contributed by atoms with E-state index < -0.39 is 0 Å². The monoisotopic (exact) mass is 653 g/mol. The number of benzene rings is 5. The Balaban J connectivity index is 1.24. The van der Waals surface area contributed by atoms with Gasteiger partial charge < -0.3 is 4.57 Å². The molecule has 10 aromatic rings. The molecule has 0 amide bonds. The van der Waals surface area contributed by atoms with Crippen molar-refractivity contribution in [2.75, 3.05) is 0 Å². The van der Waals surface area contributed by atoms with Crippen LogP contribution in [0.4, 0.5) is 0 Å². The van der Waals surface area contributed by atoms with Gasteiger partial charge in [0.2, 0.25) is 0 Å². The van der Waals surface area contributed by atoms with Gasteiger partial charge in [0.1, 0.15) is 11.4 Å². The number of nitrogens with zero attached hydrogens (tertiary/aromatic N) is 7. The topological polar surface area (TPSA) is 82.3 Å². The summed E-state index contributed by atoms with van der Waals surface area (Å²) in [7, 11) is 0. The number of pyridine rings is 2. The van der Waals surface area contributed by atoms with Crippen LogP contribution in [0.1, 0.15) is 0 Å². The van der Waals surface area contributed by atoms with Crippen molar-refractivity contribution in [3.05, 3.63) is 164 Å². The molecule has 7 nitrogen and oxygen atoms in total. The van der Waals surface area contributed by atoms with E-state index >= 15 is 0 Å². The molecular weight excluding hydrogens is 627 g/mol. The van der Waals surface area contributed by atoms with E-state index in [9.17, 15) is 0 Å². The van der Waals surface area contributed by atoms with Crippen molar-refractivity contribution in [1.82, 2.24) is 34.5 Å². The van der Waals surface area contributed by atoms with Crippen LogP contribution < -0.4 is 0 Å². The van der Waals surface area contributed by atoms with Crippen LogP contribution in [0.5, 0.6) is 0 Å². The smallest absolute Gasteiger partial charge is 0.179 e. The fourth-order valence-electron chi connectivity index (χ4n) is 6.99. The predicted molar refractivity (Wildman–Crippen MR) is 204 cm³/mol. The van der Waals surface area contributed by atoms with Crippen molar-refractivity contribution in [2.24, 2.45) is 0 Å². The summed E-state index contributed by atoms with van der Waals surface area (Å²) in [5.74, 6) is 1.19. The lowest BCUT2D eigenvalue weighted by Gasteiger charge is -2.10. The molecule has 238 valence electrons. The average molecular weight is 654 g/mol. The van der Waals surface area contributed by atoms with Gasteiger partial charge in [0.25, 0.3) is 0 Å². The fourth-order valence-corrected chi connectivity index (χ4v) is 6.99. The molecule has 0 aliphatic carbocycles. The summed E-state index contributed by atoms with van der Waals surface area (Å²) in [6.45, 7) is 0. The highest BCUT2D eigenvalue weighted by atomic mass is 15.0. The second kappa shape index (κ2) is 11.8. The SMILES string of the molecule is c1ccc(-n2c3ccc(-c4nc(-c5ccccn5)nc5ccccc45)cc3c3cc(-c4nc(-c5ccccn5)nc5ccccc45)ccc32)cc1. The van der Waals surface area contributed by atoms with Crippen molar-refractivity contribution in [3.8, 4) is 51.2 Å². The lowest BCUT2D eigenvalue weighted by Crippen LogP contribution is -1.97. The largest absolute Gasteiger partial charge is 0.309 e. The highest BCUT2D eigenvalue weighted by Crippen LogP contribution is 2.39. The van der Waals surface area contributed by atoms with Crippen LogP contribution >= 0.6 is 0 Å². The molecule has 0 saturated carbocycles. The van der Waals surface area contributed by atoms with Crippen LogP contribution in [0.15, 0.2) is 164 Å². The highest BCUT2D eigenvalue weighted by molar-refractivity contribution is 6.12. The molecule has 0 fully saturated rings. The van der Waals surface area contributed by atoms with Crippen molar-refractivity contribution in [2.45, 2.75) is 0 Å². The first-order valence-electron chi connectivity index (χ1n) is 16.8. The summed E-state index contributed by atoms with van der Waals surface area (Å²) in [6.07, 6.45) is 3.55. The van der Waals surface area contributed by atoms with E-state index in [4.69, 9.17) is 19.9 Å². The Bertz CT molecular complexity index is 2720. The maximum atomic E-state index is 5.13. The first-order chi connectivity index (χ1) is 25.3. The van der Waals surface area contributed by atoms with Gasteiger partial charge in [-0.05, 0) is 72.8 Å². The lowest BCUT2D eigenvalue weighted by atomic mass is 10.0. The van der Waals surface area contributed by atoms with E-state index in [0.717, 1.165) is 83.2 Å². The van der Waals surface area contributed by atoms with Crippen molar-refractivity contribution in [1.29, 1.82) is 0 Å². The quantitative estimate of drug-likeness (QED) is 0.184. The van der Waals surface area contributed by atoms with E-state index in [1.165, 1.54) is 0 Å². The molecule has 7 heteroatoms. The highest BCUT2D eigenvalue weighted by Gasteiger charge is 2.19. The Hall–Kier alpha value is -7.12. The molecule has 0 unspecified atom stereocenters. The summed E-state index contributed by atoms with van der Waals surface area (Å²) in [5.41, 5.74) is 10.2. The van der Waals surface area contributed by atoms with Crippen LogP contribution in [0.3, 0.4) is 0 Å². The fraction of sp³-hybridized carbons (Fsp3) is 0. The maximum Gasteiger partial charge on any atom is 0.179 e. The van der Waals surface area contributed by atoms with Crippen molar-refractivity contribution < 1.29 is 0 Å². The van der Waals surface area contributed by atoms with E-state index in [1.807, 2.05) is 78.9 Å². The molecule has 0 aliphatic rings. The molecule has 51 heavy (non-hydrogen) atoms. The molecule has 0 atom stereocenters. The van der Waals surface area contributed by atoms with Gasteiger partial charge in [-0.2, -0.15) is 0 Å². The van der Waals surface area contributed by atoms with Crippen LogP contribution in [0.25, 0.3) is 94.9 Å². The number of para-hydroxylation sites is 3. The molecular formula is C44H27N7. The number of fused-ring (bicyclic) bond motifs is 5. The zero-order valence-corrected chi connectivity index (χ0v) is 27.2. The van der Waals surface area contributed by atoms with E-state index in [2.05, 4.69) is 87.3 Å². The van der Waals surface area contributed by atoms with Crippen LogP contribution in [-0.4, -0.2) is 34.5 Å². The Morgan fingerprint density at radius 1 is 0.373 bits per heavy atom. The van der Waals surface area contributed by atoms with Gasteiger partial charge >= 0.3 is 0 Å². The Labute approximate surface area is 292 Å². The molecule has 0 saturated heterocycles. The van der Waals surface area contributed by atoms with Gasteiger partial charge in [-0.1, -0.05) is 78.9 Å². The molecule has 0 radical (unpaired) electrons. The summed E-state index contributed by atoms with van der Waals surface area (Å²) in [4.78, 5) is 29.2. The zero-order valence-electron chi connectivity index (χ0n) is 27.2. The van der Waals surface area contributed by atoms with Gasteiger partial charge in [-0.25, -0.2) is 19.9 Å². The minimum atomic E-state index is 0.595. The third-order valence-electron chi connectivity index (χ3n) is 9.32. The number of hydrogen-bond acceptors (Lipinski definition) is 6. The normalized spacial score (nSPS) is 11.5. The van der Waals surface area contributed by atoms with Crippen molar-refractivity contribution in [3.63, 3.8) is 0 Å². The summed E-state index contributed by atoms with van der Waals surface area (Å²) in [5, 5.41) is 4.19. The van der Waals surface area contributed by atoms with Gasteiger partial charge in [0.15, 0.2) is 11.6 Å². The molecule has 0 N–H and O–H groups in total. The molecule has 5 heterocycles. The second-order valence-corrected chi connectivity index (χ2v) is 12.4. The molecule has 0 spiro atoms. The van der Waals surface area contributed by atoms with Gasteiger partial charge in [-0.3, -0.25) is 9.97 Å². The van der Waals surface area contributed by atoms with Gasteiger partial charge in [0, 0.05) is 50.8 Å². The van der Waals surface area contributed by atoms with Gasteiger partial charge in [-0.15, -0.1) is 0 Å². The van der Waals surface area contributed by atoms with E-state index in [-0.39, 0.29) is 0 Å². The average Bonchev–Trinajstić information content (AvgIpc) is 3.54. The predicted octanol–water partition coefficient (Wildman–Crippen LogP) is 10.1. The number of rotatable bonds is 5. The lowest BCUT2D eigenvalue weighted by molar-refractivity contribution is 1.17. The molecule has 5 aromatic heterocycles. The Kier molecular flexibility index (Phi) is 6.67. The standard InChI is InChI=1S/C44H27N7/c1-2-12-30(13-3-1)51-39-22-20-28(41-31-14-4-6-16-35(31)47-43(49-41)37-18-8-10-24-45-37)26-33(39)34-27-29(21-23-40(34)51)42-32-15-5-7-17-36(32)48-44(50-42)38-19-9-11-25-46-38/h1-27H. The maximum absolute atomic E-state index is 5.13. The van der Waals surface area contributed by atoms with Crippen LogP contribution in [-0.2, 0) is 0 Å². The van der Waals surface area contributed by atoms with Gasteiger partial charge in [0.05, 0.1) is 33.5 Å². The van der Waals surface area contributed by atoms with Crippen molar-refractivity contribution >= 4 is 43.6 Å². The molecule has 0 bridgehead atoms. The minimum absolute atomic E-state index is 0.595. The van der Waals surface area contributed by atoms with Crippen LogP contribution in [0.2, 0.25) is 0 Å². The summed E-state index contributed by atoms with van der Waals surface area (Å²) in [6, 6.07) is 51.7. The van der Waals surface area contributed by atoms with Crippen LogP contribution in [0, 0.1) is 0 Å². The minimum Gasteiger partial charge on any atom is -0.309 e. The third-order valence-corrected chi connectivity index (χ3v) is 9.32. The summed E-state index contributed by atoms with van der Waals surface area (Å²) >= 11 is 0. The second-order valence-electron chi connectivity index (χ2n) is 12.4. The van der Waals surface area contributed by atoms with E-state index in [1.54, 1.807) is 12.4 Å². The Morgan fingerprint density at radius 2 is 0.843 bits per heavy atom. The molecule has 5 aromatic carbocycles. The molecule has 10 rings (SSSR count). The third kappa shape index (κ3) is 4.90. The van der Waals surface area contributed by atoms with E-state index in [0.29, 0.717) is 11.6 Å². The zero-order chi connectivity index (χ0) is 33.7. The number of hydrogen-bond donors (Lipinski definition) is 0. The molecule has 0 aliphatic heterocycles. The Morgan fingerprint density at radius 3 is 1.33 bits per heavy atom. The first kappa shape index (κ1) is 28.9. The first-order valence-corrected chi connectivity index (χ1v) is 16.8.